The second kappa shape index (κ2) is 6.70. The molecule has 150 valence electrons. The van der Waals surface area contributed by atoms with E-state index in [2.05, 4.69) is 4.98 Å². The van der Waals surface area contributed by atoms with Gasteiger partial charge in [0.1, 0.15) is 11.6 Å². The number of nitrogens with zero attached hydrogens (tertiary/aromatic N) is 3. The average molecular weight is 415 g/mol. The van der Waals surface area contributed by atoms with Gasteiger partial charge in [0, 0.05) is 26.2 Å². The van der Waals surface area contributed by atoms with Crippen LogP contribution in [0.3, 0.4) is 0 Å². The number of halogens is 4. The van der Waals surface area contributed by atoms with Gasteiger partial charge in [0.25, 0.3) is 0 Å². The molecule has 28 heavy (non-hydrogen) atoms. The third kappa shape index (κ3) is 3.46. The highest BCUT2D eigenvalue weighted by atomic mass is 32.2. The molecule has 10 heteroatoms. The van der Waals surface area contributed by atoms with Gasteiger partial charge in [-0.2, -0.15) is 17.5 Å². The van der Waals surface area contributed by atoms with Crippen LogP contribution in [0.1, 0.15) is 5.56 Å². The minimum atomic E-state index is -4.51. The smallest absolute Gasteiger partial charge is 0.356 e. The van der Waals surface area contributed by atoms with E-state index >= 15 is 0 Å². The molecule has 0 amide bonds. The van der Waals surface area contributed by atoms with Gasteiger partial charge in [-0.05, 0) is 48.2 Å². The van der Waals surface area contributed by atoms with E-state index in [4.69, 9.17) is 0 Å². The zero-order valence-corrected chi connectivity index (χ0v) is 15.4. The Kier molecular flexibility index (Phi) is 4.58. The number of benzene rings is 1. The number of pyridine rings is 1. The minimum absolute atomic E-state index is 0.0936. The summed E-state index contributed by atoms with van der Waals surface area (Å²) in [4.78, 5) is 5.91. The van der Waals surface area contributed by atoms with E-state index in [-0.39, 0.29) is 16.7 Å². The van der Waals surface area contributed by atoms with Gasteiger partial charge >= 0.3 is 6.18 Å². The van der Waals surface area contributed by atoms with Gasteiger partial charge < -0.3 is 4.90 Å². The van der Waals surface area contributed by atoms with Crippen molar-refractivity contribution in [2.45, 2.75) is 11.1 Å². The van der Waals surface area contributed by atoms with Crippen molar-refractivity contribution >= 4 is 15.8 Å². The third-order valence-corrected chi connectivity index (χ3v) is 7.15. The maximum Gasteiger partial charge on any atom is 0.416 e. The van der Waals surface area contributed by atoms with Crippen LogP contribution < -0.4 is 4.90 Å². The van der Waals surface area contributed by atoms with Gasteiger partial charge in [-0.15, -0.1) is 0 Å². The summed E-state index contributed by atoms with van der Waals surface area (Å²) in [5, 5.41) is 0. The van der Waals surface area contributed by atoms with Crippen molar-refractivity contribution in [3.05, 3.63) is 54.0 Å². The first-order valence-electron chi connectivity index (χ1n) is 8.68. The van der Waals surface area contributed by atoms with Gasteiger partial charge in [-0.1, -0.05) is 0 Å². The molecular formula is C18H17F4N3O2S. The Hall–Kier alpha value is -2.20. The van der Waals surface area contributed by atoms with Gasteiger partial charge in [0.05, 0.1) is 16.7 Å². The molecule has 0 N–H and O–H groups in total. The first kappa shape index (κ1) is 19.1. The molecule has 2 atom stereocenters. The lowest BCUT2D eigenvalue weighted by atomic mass is 10.0. The summed E-state index contributed by atoms with van der Waals surface area (Å²) in [6.45, 7) is 1.79. The average Bonchev–Trinajstić information content (AvgIpc) is 3.21. The SMILES string of the molecule is O=S(=O)(c1ccc(C(F)(F)F)cc1)N1CC2CN(c3ccc(F)cn3)CC2C1. The predicted molar refractivity (Wildman–Crippen MR) is 93.6 cm³/mol. The van der Waals surface area contributed by atoms with E-state index in [1.54, 1.807) is 6.07 Å². The molecule has 0 spiro atoms. The number of rotatable bonds is 3. The van der Waals surface area contributed by atoms with Crippen LogP contribution in [0.4, 0.5) is 23.4 Å². The van der Waals surface area contributed by atoms with Crippen molar-refractivity contribution in [2.24, 2.45) is 11.8 Å². The molecule has 0 saturated carbocycles. The van der Waals surface area contributed by atoms with Gasteiger partial charge in [0.15, 0.2) is 0 Å². The molecule has 4 rings (SSSR count). The zero-order chi connectivity index (χ0) is 20.1. The number of anilines is 1. The lowest BCUT2D eigenvalue weighted by Gasteiger charge is -2.22. The van der Waals surface area contributed by atoms with Gasteiger partial charge in [0.2, 0.25) is 10.0 Å². The fourth-order valence-corrected chi connectivity index (χ4v) is 5.41. The number of hydrogen-bond donors (Lipinski definition) is 0. The topological polar surface area (TPSA) is 53.5 Å². The van der Waals surface area contributed by atoms with Crippen molar-refractivity contribution in [1.29, 1.82) is 0 Å². The van der Waals surface area contributed by atoms with Gasteiger partial charge in [-0.3, -0.25) is 0 Å². The molecule has 5 nitrogen and oxygen atoms in total. The second-order valence-electron chi connectivity index (χ2n) is 7.10. The van der Waals surface area contributed by atoms with Crippen molar-refractivity contribution in [2.75, 3.05) is 31.1 Å². The largest absolute Gasteiger partial charge is 0.416 e. The number of hydrogen-bond acceptors (Lipinski definition) is 4. The van der Waals surface area contributed by atoms with Crippen LogP contribution >= 0.6 is 0 Å². The molecule has 2 aromatic rings. The normalized spacial score (nSPS) is 23.2. The van der Waals surface area contributed by atoms with Crippen LogP contribution in [0.2, 0.25) is 0 Å². The van der Waals surface area contributed by atoms with E-state index in [9.17, 15) is 26.0 Å². The van der Waals surface area contributed by atoms with Crippen LogP contribution in [0.25, 0.3) is 0 Å². The number of alkyl halides is 3. The molecule has 3 heterocycles. The van der Waals surface area contributed by atoms with Crippen LogP contribution in [0.15, 0.2) is 47.5 Å². The Balaban J connectivity index is 1.46. The Bertz CT molecular complexity index is 948. The molecular weight excluding hydrogens is 398 g/mol. The fraction of sp³-hybridized carbons (Fsp3) is 0.389. The minimum Gasteiger partial charge on any atom is -0.356 e. The summed E-state index contributed by atoms with van der Waals surface area (Å²) < 4.78 is 78.0. The molecule has 0 radical (unpaired) electrons. The molecule has 0 aliphatic carbocycles. The number of aromatic nitrogens is 1. The highest BCUT2D eigenvalue weighted by Gasteiger charge is 2.44. The summed E-state index contributed by atoms with van der Waals surface area (Å²) in [7, 11) is -3.85. The summed E-state index contributed by atoms with van der Waals surface area (Å²) in [6.07, 6.45) is -3.37. The molecule has 1 aromatic heterocycles. The van der Waals surface area contributed by atoms with Crippen molar-refractivity contribution in [3.8, 4) is 0 Å². The van der Waals surface area contributed by atoms with Crippen LogP contribution in [0.5, 0.6) is 0 Å². The van der Waals surface area contributed by atoms with Crippen LogP contribution in [-0.4, -0.2) is 43.9 Å². The lowest BCUT2D eigenvalue weighted by Crippen LogP contribution is -2.33. The van der Waals surface area contributed by atoms with Crippen molar-refractivity contribution in [1.82, 2.24) is 9.29 Å². The monoisotopic (exact) mass is 415 g/mol. The highest BCUT2D eigenvalue weighted by molar-refractivity contribution is 7.89. The van der Waals surface area contributed by atoms with Crippen LogP contribution in [0, 0.1) is 17.7 Å². The third-order valence-electron chi connectivity index (χ3n) is 5.31. The Morgan fingerprint density at radius 3 is 2.04 bits per heavy atom. The van der Waals surface area contributed by atoms with E-state index in [1.165, 1.54) is 10.4 Å². The fourth-order valence-electron chi connectivity index (χ4n) is 3.85. The highest BCUT2D eigenvalue weighted by Crippen LogP contribution is 2.36. The quantitative estimate of drug-likeness (QED) is 0.724. The second-order valence-corrected chi connectivity index (χ2v) is 9.04. The summed E-state index contributed by atoms with van der Waals surface area (Å²) in [5.41, 5.74) is -0.882. The van der Waals surface area contributed by atoms with Gasteiger partial charge in [-0.25, -0.2) is 17.8 Å². The maximum atomic E-state index is 13.0. The number of sulfonamides is 1. The predicted octanol–water partition coefficient (Wildman–Crippen LogP) is 3.00. The van der Waals surface area contributed by atoms with Crippen molar-refractivity contribution < 1.29 is 26.0 Å². The standard InChI is InChI=1S/C18H17F4N3O2S/c19-15-3-6-17(23-7-15)24-8-12-10-25(11-13(12)9-24)28(26,27)16-4-1-14(2-5-16)18(20,21)22/h1-7,12-13H,8-11H2. The lowest BCUT2D eigenvalue weighted by molar-refractivity contribution is -0.137. The molecule has 2 saturated heterocycles. The van der Waals surface area contributed by atoms with Crippen molar-refractivity contribution in [3.63, 3.8) is 0 Å². The summed E-state index contributed by atoms with van der Waals surface area (Å²) in [6, 6.07) is 6.49. The Labute approximate surface area is 159 Å². The number of fused-ring (bicyclic) bond motifs is 1. The van der Waals surface area contributed by atoms with E-state index < -0.39 is 27.6 Å². The Morgan fingerprint density at radius 2 is 1.54 bits per heavy atom. The van der Waals surface area contributed by atoms with E-state index in [1.807, 2.05) is 4.90 Å². The molecule has 2 aliphatic heterocycles. The molecule has 1 aromatic carbocycles. The summed E-state index contributed by atoms with van der Waals surface area (Å²) in [5.74, 6) is 0.414. The molecule has 2 aliphatic rings. The molecule has 2 fully saturated rings. The first-order chi connectivity index (χ1) is 13.1. The van der Waals surface area contributed by atoms with E-state index in [0.717, 1.165) is 30.5 Å². The van der Waals surface area contributed by atoms with E-state index in [0.29, 0.717) is 32.0 Å². The molecule has 2 unspecified atom stereocenters. The first-order valence-corrected chi connectivity index (χ1v) is 10.1. The summed E-state index contributed by atoms with van der Waals surface area (Å²) >= 11 is 0. The Morgan fingerprint density at radius 1 is 0.929 bits per heavy atom. The van der Waals surface area contributed by atoms with Crippen LogP contribution in [-0.2, 0) is 16.2 Å². The zero-order valence-electron chi connectivity index (χ0n) is 14.6. The maximum absolute atomic E-state index is 13.0. The molecule has 0 bridgehead atoms.